The number of carbonyl (C=O) groups is 1. The molecule has 0 aliphatic carbocycles. The van der Waals surface area contributed by atoms with E-state index in [9.17, 15) is 0 Å². The van der Waals surface area contributed by atoms with Gasteiger partial charge in [-0.05, 0) is 0 Å². The summed E-state index contributed by atoms with van der Waals surface area (Å²) in [4.78, 5) is 31.1. The van der Waals surface area contributed by atoms with Gasteiger partial charge in [-0.1, -0.05) is 0 Å². The van der Waals surface area contributed by atoms with Crippen LogP contribution >= 0.6 is 8.60 Å². The zero-order valence-corrected chi connectivity index (χ0v) is 5.64. The summed E-state index contributed by atoms with van der Waals surface area (Å²) in [5.41, 5.74) is 0. The van der Waals surface area contributed by atoms with Gasteiger partial charge >= 0.3 is 36.6 Å². The molecule has 0 rings (SSSR count). The standard InChI is InChI=1S/CHO.H3O3P.Rh/c1-2;1-4(2)3;/h1H;1-3H;. The van der Waals surface area contributed by atoms with E-state index in [1.807, 2.05) is 18.3 Å². The molecular formula is CH4O4PRh. The molecule has 0 heterocycles. The molecule has 0 aromatic heterocycles. The van der Waals surface area contributed by atoms with Crippen LogP contribution in [0, 0.1) is 0 Å². The largest absolute Gasteiger partial charge is 0.328 e. The molecule has 0 fully saturated rings. The second-order valence-corrected chi connectivity index (χ2v) is 1.27. The number of hydrogen-bond acceptors (Lipinski definition) is 4. The van der Waals surface area contributed by atoms with E-state index in [0.717, 1.165) is 0 Å². The molecule has 0 aliphatic heterocycles. The molecule has 0 aromatic rings. The predicted octanol–water partition coefficient (Wildman–Crippen LogP) is -1.09. The maximum absolute atomic E-state index is 8.76. The van der Waals surface area contributed by atoms with Crippen molar-refractivity contribution in [3.05, 3.63) is 0 Å². The van der Waals surface area contributed by atoms with Crippen molar-refractivity contribution in [1.82, 2.24) is 0 Å². The van der Waals surface area contributed by atoms with Crippen LogP contribution in [0.15, 0.2) is 0 Å². The van der Waals surface area contributed by atoms with Crippen molar-refractivity contribution in [1.29, 1.82) is 0 Å². The van der Waals surface area contributed by atoms with E-state index in [1.165, 1.54) is 0 Å². The average Bonchev–Trinajstić information content (AvgIpc) is 1.33. The van der Waals surface area contributed by atoms with Crippen LogP contribution in [-0.2, 0) is 23.1 Å². The first-order valence-electron chi connectivity index (χ1n) is 1.03. The quantitative estimate of drug-likeness (QED) is 0.272. The molecular weight excluding hydrogens is 210 g/mol. The summed E-state index contributed by atoms with van der Waals surface area (Å²) < 4.78 is 0. The summed E-state index contributed by atoms with van der Waals surface area (Å²) in [5.74, 6) is 0. The fourth-order valence-electron chi connectivity index (χ4n) is 0. The Morgan fingerprint density at radius 1 is 1.43 bits per heavy atom. The fraction of sp³-hybridized carbons (Fsp3) is 0. The third-order valence-corrected chi connectivity index (χ3v) is 0. The summed E-state index contributed by atoms with van der Waals surface area (Å²) in [5, 5.41) is 0. The second-order valence-electron chi connectivity index (χ2n) is 0.347. The van der Waals surface area contributed by atoms with Crippen molar-refractivity contribution in [2.75, 3.05) is 0 Å². The topological polar surface area (TPSA) is 77.8 Å². The van der Waals surface area contributed by atoms with Crippen LogP contribution in [0.2, 0.25) is 0 Å². The number of carbonyl (C=O) groups excluding carboxylic acids is 1. The minimum atomic E-state index is -2.62. The van der Waals surface area contributed by atoms with Crippen LogP contribution in [-0.4, -0.2) is 19.6 Å². The Hall–Kier alpha value is 0.603. The molecule has 0 bridgehead atoms. The first-order valence-corrected chi connectivity index (χ1v) is 3.17. The van der Waals surface area contributed by atoms with Gasteiger partial charge in [-0.15, -0.1) is 0 Å². The molecule has 0 aromatic carbocycles. The van der Waals surface area contributed by atoms with Crippen molar-refractivity contribution < 1.29 is 37.8 Å². The normalized spacial score (nSPS) is 7.14. The summed E-state index contributed by atoms with van der Waals surface area (Å²) in [6, 6.07) is 0. The zero-order chi connectivity index (χ0) is 6.28. The maximum Gasteiger partial charge on any atom is 0.324 e. The summed E-state index contributed by atoms with van der Waals surface area (Å²) in [7, 11) is -2.62. The van der Waals surface area contributed by atoms with Crippen LogP contribution in [0.4, 0.5) is 0 Å². The number of hydrogen-bond donors (Lipinski definition) is 3. The van der Waals surface area contributed by atoms with Crippen LogP contribution in [0.3, 0.4) is 0 Å². The van der Waals surface area contributed by atoms with Gasteiger partial charge in [0.2, 0.25) is 0 Å². The van der Waals surface area contributed by atoms with Gasteiger partial charge in [0.15, 0.2) is 0 Å². The zero-order valence-electron chi connectivity index (χ0n) is 3.11. The SMILES string of the molecule is O=[CH][Rh].OP(O)O. The third kappa shape index (κ3) is 384. The van der Waals surface area contributed by atoms with Crippen molar-refractivity contribution in [3.8, 4) is 0 Å². The van der Waals surface area contributed by atoms with Gasteiger partial charge in [0, 0.05) is 0 Å². The van der Waals surface area contributed by atoms with Gasteiger partial charge in [0.25, 0.3) is 0 Å². The van der Waals surface area contributed by atoms with E-state index in [1.54, 1.807) is 0 Å². The molecule has 0 amide bonds. The van der Waals surface area contributed by atoms with E-state index >= 15 is 0 Å². The smallest absolute Gasteiger partial charge is 0.324 e. The van der Waals surface area contributed by atoms with E-state index in [0.29, 0.717) is 4.88 Å². The van der Waals surface area contributed by atoms with Crippen molar-refractivity contribution in [2.45, 2.75) is 0 Å². The summed E-state index contributed by atoms with van der Waals surface area (Å²) in [6.07, 6.45) is 0. The van der Waals surface area contributed by atoms with Gasteiger partial charge in [-0.25, -0.2) is 0 Å². The molecule has 0 aliphatic rings. The molecule has 0 spiro atoms. The van der Waals surface area contributed by atoms with Crippen LogP contribution in [0.1, 0.15) is 0 Å². The van der Waals surface area contributed by atoms with Crippen molar-refractivity contribution >= 4 is 13.5 Å². The third-order valence-electron chi connectivity index (χ3n) is 0. The number of rotatable bonds is 0. The maximum atomic E-state index is 8.76. The molecule has 0 radical (unpaired) electrons. The minimum Gasteiger partial charge on any atom is -0.328 e. The Labute approximate surface area is 51.8 Å². The monoisotopic (exact) mass is 214 g/mol. The van der Waals surface area contributed by atoms with Gasteiger partial charge in [-0.2, -0.15) is 0 Å². The Bertz CT molecular complexity index is 35.9. The van der Waals surface area contributed by atoms with Crippen LogP contribution < -0.4 is 0 Å². The van der Waals surface area contributed by atoms with Crippen LogP contribution in [0.25, 0.3) is 0 Å². The minimum absolute atomic E-state index is 0.640. The van der Waals surface area contributed by atoms with Gasteiger partial charge < -0.3 is 14.7 Å². The first-order chi connectivity index (χ1) is 3.15. The van der Waals surface area contributed by atoms with Crippen molar-refractivity contribution in [3.63, 3.8) is 0 Å². The van der Waals surface area contributed by atoms with Crippen LogP contribution in [0.5, 0.6) is 0 Å². The molecule has 6 heteroatoms. The second kappa shape index (κ2) is 9.78. The summed E-state index contributed by atoms with van der Waals surface area (Å²) >= 11 is 2.04. The van der Waals surface area contributed by atoms with E-state index in [4.69, 9.17) is 19.5 Å². The Kier molecular flexibility index (Phi) is 14.8. The van der Waals surface area contributed by atoms with E-state index in [2.05, 4.69) is 0 Å². The molecule has 7 heavy (non-hydrogen) atoms. The van der Waals surface area contributed by atoms with E-state index < -0.39 is 8.60 Å². The molecule has 0 atom stereocenters. The average molecular weight is 214 g/mol. The van der Waals surface area contributed by atoms with Gasteiger partial charge in [-0.3, -0.25) is 0 Å². The molecule has 0 saturated heterocycles. The Morgan fingerprint density at radius 3 is 1.43 bits per heavy atom. The van der Waals surface area contributed by atoms with Gasteiger partial charge in [0.05, 0.1) is 0 Å². The van der Waals surface area contributed by atoms with Gasteiger partial charge in [0.1, 0.15) is 0 Å². The first kappa shape index (κ1) is 10.6. The molecule has 0 saturated carbocycles. The molecule has 0 unspecified atom stereocenters. The molecule has 4 nitrogen and oxygen atoms in total. The fourth-order valence-corrected chi connectivity index (χ4v) is 0. The summed E-state index contributed by atoms with van der Waals surface area (Å²) in [6.45, 7) is 0. The van der Waals surface area contributed by atoms with Crippen molar-refractivity contribution in [2.24, 2.45) is 0 Å². The molecule has 46 valence electrons. The molecule has 3 N–H and O–H groups in total. The predicted molar refractivity (Wildman–Crippen MR) is 20.3 cm³/mol. The van der Waals surface area contributed by atoms with E-state index in [-0.39, 0.29) is 0 Å². The Balaban J connectivity index is 0. The Morgan fingerprint density at radius 2 is 1.43 bits per heavy atom.